The van der Waals surface area contributed by atoms with Crippen LogP contribution >= 0.6 is 0 Å². The largest absolute Gasteiger partial charge is 0.401 e. The Balaban J connectivity index is 2.59. The van der Waals surface area contributed by atoms with Crippen LogP contribution in [0.1, 0.15) is 18.0 Å². The van der Waals surface area contributed by atoms with E-state index in [2.05, 4.69) is 0 Å². The van der Waals surface area contributed by atoms with E-state index in [0.29, 0.717) is 6.42 Å². The maximum Gasteiger partial charge on any atom is 0.401 e. The van der Waals surface area contributed by atoms with Crippen LogP contribution in [0.2, 0.25) is 0 Å². The summed E-state index contributed by atoms with van der Waals surface area (Å²) in [5.74, 6) is 0. The zero-order valence-electron chi connectivity index (χ0n) is 13.5. The van der Waals surface area contributed by atoms with Crippen molar-refractivity contribution in [1.82, 2.24) is 9.80 Å². The minimum Gasteiger partial charge on any atom is -0.396 e. The number of halogens is 3. The molecule has 0 fully saturated rings. The molecule has 0 bridgehead atoms. The summed E-state index contributed by atoms with van der Waals surface area (Å²) >= 11 is 0. The average molecular weight is 334 g/mol. The van der Waals surface area contributed by atoms with E-state index in [0.717, 1.165) is 10.5 Å². The molecular formula is C16H25F3N2O2. The third-order valence-electron chi connectivity index (χ3n) is 3.59. The second-order valence-electron chi connectivity index (χ2n) is 5.84. The molecule has 0 aliphatic carbocycles. The standard InChI is InChI=1S/C16H25F3N2O2/c1-20(12-16(17,18)19)10-14(23)11-21(2)15(8-9-22)13-6-4-3-5-7-13/h3-7,14-15,22-23H,8-12H2,1-2H3/t14-,15+/m0/s1. The van der Waals surface area contributed by atoms with Gasteiger partial charge in [-0.2, -0.15) is 13.2 Å². The van der Waals surface area contributed by atoms with E-state index in [-0.39, 0.29) is 25.7 Å². The van der Waals surface area contributed by atoms with Crippen LogP contribution in [-0.4, -0.2) is 72.6 Å². The SMILES string of the molecule is CN(C[C@H](O)CN(C)[C@H](CCO)c1ccccc1)CC(F)(F)F. The maximum atomic E-state index is 12.3. The van der Waals surface area contributed by atoms with Crippen LogP contribution in [0.5, 0.6) is 0 Å². The lowest BCUT2D eigenvalue weighted by Crippen LogP contribution is -2.41. The van der Waals surface area contributed by atoms with Gasteiger partial charge in [-0.3, -0.25) is 9.80 Å². The fourth-order valence-corrected chi connectivity index (χ4v) is 2.69. The minimum atomic E-state index is -4.27. The number of hydrogen-bond donors (Lipinski definition) is 2. The third-order valence-corrected chi connectivity index (χ3v) is 3.59. The fraction of sp³-hybridized carbons (Fsp3) is 0.625. The smallest absolute Gasteiger partial charge is 0.396 e. The number of hydrogen-bond acceptors (Lipinski definition) is 4. The summed E-state index contributed by atoms with van der Waals surface area (Å²) < 4.78 is 36.9. The van der Waals surface area contributed by atoms with Gasteiger partial charge in [-0.1, -0.05) is 30.3 Å². The van der Waals surface area contributed by atoms with Gasteiger partial charge in [-0.05, 0) is 26.1 Å². The van der Waals surface area contributed by atoms with Gasteiger partial charge in [0.05, 0.1) is 12.6 Å². The van der Waals surface area contributed by atoms with Crippen molar-refractivity contribution in [2.75, 3.05) is 40.3 Å². The van der Waals surface area contributed by atoms with E-state index in [1.807, 2.05) is 35.2 Å². The molecule has 132 valence electrons. The predicted molar refractivity (Wildman–Crippen MR) is 83.1 cm³/mol. The van der Waals surface area contributed by atoms with Gasteiger partial charge < -0.3 is 10.2 Å². The highest BCUT2D eigenvalue weighted by Gasteiger charge is 2.30. The summed E-state index contributed by atoms with van der Waals surface area (Å²) in [6, 6.07) is 9.43. The molecule has 23 heavy (non-hydrogen) atoms. The van der Waals surface area contributed by atoms with E-state index < -0.39 is 18.8 Å². The zero-order chi connectivity index (χ0) is 17.5. The van der Waals surface area contributed by atoms with E-state index in [9.17, 15) is 23.4 Å². The zero-order valence-corrected chi connectivity index (χ0v) is 13.5. The number of nitrogens with zero attached hydrogens (tertiary/aromatic N) is 2. The van der Waals surface area contributed by atoms with Crippen molar-refractivity contribution < 1.29 is 23.4 Å². The first-order valence-electron chi connectivity index (χ1n) is 7.52. The molecule has 0 saturated heterocycles. The molecule has 0 saturated carbocycles. The monoisotopic (exact) mass is 334 g/mol. The van der Waals surface area contributed by atoms with Gasteiger partial charge in [-0.25, -0.2) is 0 Å². The minimum absolute atomic E-state index is 0.00598. The van der Waals surface area contributed by atoms with Crippen LogP contribution in [-0.2, 0) is 0 Å². The first-order valence-corrected chi connectivity index (χ1v) is 7.52. The second-order valence-corrected chi connectivity index (χ2v) is 5.84. The van der Waals surface area contributed by atoms with E-state index in [1.165, 1.54) is 7.05 Å². The first kappa shape index (κ1) is 19.9. The number of alkyl halides is 3. The molecule has 0 radical (unpaired) electrons. The lowest BCUT2D eigenvalue weighted by atomic mass is 10.0. The highest BCUT2D eigenvalue weighted by Crippen LogP contribution is 2.23. The van der Waals surface area contributed by atoms with Crippen LogP contribution < -0.4 is 0 Å². The summed E-state index contributed by atoms with van der Waals surface area (Å²) in [6.07, 6.45) is -4.69. The van der Waals surface area contributed by atoms with Crippen molar-refractivity contribution in [3.8, 4) is 0 Å². The Morgan fingerprint density at radius 1 is 1.09 bits per heavy atom. The molecule has 2 N–H and O–H groups in total. The molecule has 0 unspecified atom stereocenters. The van der Waals surface area contributed by atoms with Gasteiger partial charge in [0.2, 0.25) is 0 Å². The first-order chi connectivity index (χ1) is 10.7. The number of aliphatic hydroxyl groups is 2. The highest BCUT2D eigenvalue weighted by atomic mass is 19.4. The van der Waals surface area contributed by atoms with Crippen LogP contribution in [0.25, 0.3) is 0 Å². The summed E-state index contributed by atoms with van der Waals surface area (Å²) in [6.45, 7) is -0.896. The summed E-state index contributed by atoms with van der Waals surface area (Å²) in [7, 11) is 3.12. The Bertz CT molecular complexity index is 443. The quantitative estimate of drug-likeness (QED) is 0.724. The van der Waals surface area contributed by atoms with Gasteiger partial charge in [0.1, 0.15) is 0 Å². The molecule has 0 amide bonds. The molecule has 0 spiro atoms. The lowest BCUT2D eigenvalue weighted by molar-refractivity contribution is -0.145. The number of aliphatic hydroxyl groups excluding tert-OH is 2. The lowest BCUT2D eigenvalue weighted by Gasteiger charge is -2.31. The molecule has 2 atom stereocenters. The van der Waals surface area contributed by atoms with Crippen molar-refractivity contribution in [2.45, 2.75) is 24.7 Å². The molecule has 0 aromatic heterocycles. The Morgan fingerprint density at radius 2 is 1.70 bits per heavy atom. The van der Waals surface area contributed by atoms with E-state index in [1.54, 1.807) is 7.05 Å². The molecule has 1 aromatic rings. The van der Waals surface area contributed by atoms with Crippen molar-refractivity contribution in [1.29, 1.82) is 0 Å². The van der Waals surface area contributed by atoms with Crippen molar-refractivity contribution >= 4 is 0 Å². The average Bonchev–Trinajstić information content (AvgIpc) is 2.43. The third kappa shape index (κ3) is 7.78. The molecule has 1 aromatic carbocycles. The highest BCUT2D eigenvalue weighted by molar-refractivity contribution is 5.19. The topological polar surface area (TPSA) is 46.9 Å². The molecule has 0 heterocycles. The van der Waals surface area contributed by atoms with Crippen molar-refractivity contribution in [2.24, 2.45) is 0 Å². The van der Waals surface area contributed by atoms with Gasteiger partial charge in [-0.15, -0.1) is 0 Å². The predicted octanol–water partition coefficient (Wildman–Crippen LogP) is 1.90. The number of benzene rings is 1. The Hall–Kier alpha value is -1.15. The molecule has 7 heteroatoms. The Labute approximate surface area is 135 Å². The number of likely N-dealkylation sites (N-methyl/N-ethyl adjacent to an activating group) is 2. The molecule has 1 rings (SSSR count). The molecular weight excluding hydrogens is 309 g/mol. The van der Waals surface area contributed by atoms with Crippen molar-refractivity contribution in [3.63, 3.8) is 0 Å². The van der Waals surface area contributed by atoms with Gasteiger partial charge in [0.15, 0.2) is 0 Å². The Kier molecular flexibility index (Phi) is 7.98. The molecule has 0 aliphatic heterocycles. The summed E-state index contributed by atoms with van der Waals surface area (Å²) in [5, 5.41) is 19.3. The van der Waals surface area contributed by atoms with Crippen LogP contribution in [0.4, 0.5) is 13.2 Å². The molecule has 4 nitrogen and oxygen atoms in total. The fourth-order valence-electron chi connectivity index (χ4n) is 2.69. The van der Waals surface area contributed by atoms with Gasteiger partial charge in [0.25, 0.3) is 0 Å². The van der Waals surface area contributed by atoms with Crippen molar-refractivity contribution in [3.05, 3.63) is 35.9 Å². The Morgan fingerprint density at radius 3 is 2.22 bits per heavy atom. The number of rotatable bonds is 9. The van der Waals surface area contributed by atoms with E-state index in [4.69, 9.17) is 0 Å². The van der Waals surface area contributed by atoms with Gasteiger partial charge >= 0.3 is 6.18 Å². The van der Waals surface area contributed by atoms with Crippen LogP contribution in [0, 0.1) is 0 Å². The van der Waals surface area contributed by atoms with Crippen LogP contribution in [0.3, 0.4) is 0 Å². The normalized spacial score (nSPS) is 15.2. The second kappa shape index (κ2) is 9.22. The maximum absolute atomic E-state index is 12.3. The molecule has 0 aliphatic rings. The summed E-state index contributed by atoms with van der Waals surface area (Å²) in [4.78, 5) is 2.92. The van der Waals surface area contributed by atoms with E-state index >= 15 is 0 Å². The van der Waals surface area contributed by atoms with Crippen LogP contribution in [0.15, 0.2) is 30.3 Å². The van der Waals surface area contributed by atoms with Gasteiger partial charge in [0, 0.05) is 25.7 Å². The summed E-state index contributed by atoms with van der Waals surface area (Å²) in [5.41, 5.74) is 1.000.